The molecule has 1 saturated heterocycles. The average Bonchev–Trinajstić information content (AvgIpc) is 2.91. The third-order valence-electron chi connectivity index (χ3n) is 6.07. The first-order valence-electron chi connectivity index (χ1n) is 11.4. The van der Waals surface area contributed by atoms with Crippen molar-refractivity contribution in [3.05, 3.63) is 94.3 Å². The molecule has 0 bridgehead atoms. The fourth-order valence-electron chi connectivity index (χ4n) is 4.05. The maximum Gasteiger partial charge on any atom is 0.257 e. The molecule has 3 aromatic rings. The predicted octanol–water partition coefficient (Wildman–Crippen LogP) is 4.33. The summed E-state index contributed by atoms with van der Waals surface area (Å²) in [7, 11) is 1.65. The number of carbonyl (C=O) groups excluding carboxylic acids is 1. The maximum absolute atomic E-state index is 12.9. The highest BCUT2D eigenvalue weighted by Gasteiger charge is 2.26. The second kappa shape index (κ2) is 11.8. The Hall–Kier alpha value is -3.44. The molecule has 2 aromatic carbocycles. The number of ether oxygens (including phenoxy) is 2. The van der Waals surface area contributed by atoms with Gasteiger partial charge in [-0.3, -0.25) is 9.69 Å². The second-order valence-electron chi connectivity index (χ2n) is 8.32. The van der Waals surface area contributed by atoms with Crippen molar-refractivity contribution in [2.24, 2.45) is 0 Å². The SMILES string of the molecule is COc1cccc([C@H](CN2CCN(C(=O)c3cccnc3Cl)CC2)OCc2ccc(C#N)cc2)c1. The van der Waals surface area contributed by atoms with Crippen molar-refractivity contribution in [3.8, 4) is 11.8 Å². The van der Waals surface area contributed by atoms with Gasteiger partial charge in [-0.2, -0.15) is 5.26 Å². The molecule has 1 amide bonds. The summed E-state index contributed by atoms with van der Waals surface area (Å²) in [6, 6.07) is 20.9. The number of amides is 1. The maximum atomic E-state index is 12.9. The number of nitriles is 1. The molecule has 1 aliphatic heterocycles. The highest BCUT2D eigenvalue weighted by molar-refractivity contribution is 6.32. The van der Waals surface area contributed by atoms with E-state index in [0.717, 1.165) is 30.0 Å². The van der Waals surface area contributed by atoms with E-state index in [-0.39, 0.29) is 17.2 Å². The first kappa shape index (κ1) is 24.7. The highest BCUT2D eigenvalue weighted by Crippen LogP contribution is 2.25. The Morgan fingerprint density at radius 1 is 1.11 bits per heavy atom. The van der Waals surface area contributed by atoms with Crippen LogP contribution in [0, 0.1) is 11.3 Å². The van der Waals surface area contributed by atoms with Crippen LogP contribution in [0.25, 0.3) is 0 Å². The van der Waals surface area contributed by atoms with Crippen LogP contribution in [-0.2, 0) is 11.3 Å². The van der Waals surface area contributed by atoms with Crippen LogP contribution in [0.2, 0.25) is 5.15 Å². The molecule has 0 aliphatic carbocycles. The van der Waals surface area contributed by atoms with Crippen molar-refractivity contribution in [1.82, 2.24) is 14.8 Å². The van der Waals surface area contributed by atoms with Gasteiger partial charge in [-0.05, 0) is 47.5 Å². The van der Waals surface area contributed by atoms with Gasteiger partial charge in [0.1, 0.15) is 10.9 Å². The molecular weight excluding hydrogens is 464 g/mol. The van der Waals surface area contributed by atoms with Crippen molar-refractivity contribution >= 4 is 17.5 Å². The molecule has 35 heavy (non-hydrogen) atoms. The van der Waals surface area contributed by atoms with Gasteiger partial charge in [-0.15, -0.1) is 0 Å². The lowest BCUT2D eigenvalue weighted by Gasteiger charge is -2.36. The van der Waals surface area contributed by atoms with Gasteiger partial charge < -0.3 is 14.4 Å². The minimum Gasteiger partial charge on any atom is -0.497 e. The summed E-state index contributed by atoms with van der Waals surface area (Å²) in [6.45, 7) is 3.76. The summed E-state index contributed by atoms with van der Waals surface area (Å²) in [5.41, 5.74) is 3.08. The minimum absolute atomic E-state index is 0.0934. The zero-order valence-electron chi connectivity index (χ0n) is 19.6. The quantitative estimate of drug-likeness (QED) is 0.437. The van der Waals surface area contributed by atoms with E-state index in [0.29, 0.717) is 37.4 Å². The number of hydrogen-bond acceptors (Lipinski definition) is 6. The van der Waals surface area contributed by atoms with Gasteiger partial charge in [0.05, 0.1) is 37.0 Å². The van der Waals surface area contributed by atoms with Crippen LogP contribution >= 0.6 is 11.6 Å². The summed E-state index contributed by atoms with van der Waals surface area (Å²) in [5, 5.41) is 9.26. The van der Waals surface area contributed by atoms with E-state index < -0.39 is 0 Å². The fraction of sp³-hybridized carbons (Fsp3) is 0.296. The van der Waals surface area contributed by atoms with Crippen LogP contribution in [0.5, 0.6) is 5.75 Å². The lowest BCUT2D eigenvalue weighted by molar-refractivity contribution is 0.00333. The average molecular weight is 491 g/mol. The van der Waals surface area contributed by atoms with E-state index in [2.05, 4.69) is 16.0 Å². The highest BCUT2D eigenvalue weighted by atomic mass is 35.5. The van der Waals surface area contributed by atoms with Crippen molar-refractivity contribution in [2.75, 3.05) is 39.8 Å². The van der Waals surface area contributed by atoms with E-state index in [4.69, 9.17) is 26.3 Å². The number of piperazine rings is 1. The smallest absolute Gasteiger partial charge is 0.257 e. The Morgan fingerprint density at radius 2 is 1.89 bits per heavy atom. The third kappa shape index (κ3) is 6.37. The lowest BCUT2D eigenvalue weighted by atomic mass is 10.1. The number of halogens is 1. The van der Waals surface area contributed by atoms with Crippen LogP contribution in [-0.4, -0.2) is 60.5 Å². The molecule has 1 fully saturated rings. The molecule has 4 rings (SSSR count). The second-order valence-corrected chi connectivity index (χ2v) is 8.68. The summed E-state index contributed by atoms with van der Waals surface area (Å²) in [4.78, 5) is 21.0. The summed E-state index contributed by atoms with van der Waals surface area (Å²) < 4.78 is 11.8. The summed E-state index contributed by atoms with van der Waals surface area (Å²) in [5.74, 6) is 0.683. The van der Waals surface area contributed by atoms with E-state index in [1.807, 2.05) is 41.3 Å². The molecule has 7 nitrogen and oxygen atoms in total. The molecule has 180 valence electrons. The monoisotopic (exact) mass is 490 g/mol. The Balaban J connectivity index is 1.41. The van der Waals surface area contributed by atoms with E-state index in [9.17, 15) is 4.79 Å². The van der Waals surface area contributed by atoms with E-state index in [1.165, 1.54) is 0 Å². The van der Waals surface area contributed by atoms with Gasteiger partial charge in [0.15, 0.2) is 0 Å². The van der Waals surface area contributed by atoms with Crippen molar-refractivity contribution in [3.63, 3.8) is 0 Å². The molecule has 1 aliphatic rings. The summed E-state index contributed by atoms with van der Waals surface area (Å²) in [6.07, 6.45) is 1.39. The standard InChI is InChI=1S/C27H27ClN4O3/c1-34-23-5-2-4-22(16-23)25(35-19-21-9-7-20(17-29)8-10-21)18-31-12-14-32(15-13-31)27(33)24-6-3-11-30-26(24)28/h2-11,16,25H,12-15,18-19H2,1H3/t25-/m0/s1. The lowest BCUT2D eigenvalue weighted by Crippen LogP contribution is -2.49. The van der Waals surface area contributed by atoms with E-state index >= 15 is 0 Å². The van der Waals surface area contributed by atoms with E-state index in [1.54, 1.807) is 37.6 Å². The number of aromatic nitrogens is 1. The Kier molecular flexibility index (Phi) is 8.32. The number of hydrogen-bond donors (Lipinski definition) is 0. The van der Waals surface area contributed by atoms with Crippen molar-refractivity contribution in [1.29, 1.82) is 5.26 Å². The van der Waals surface area contributed by atoms with Gasteiger partial charge >= 0.3 is 0 Å². The Morgan fingerprint density at radius 3 is 2.57 bits per heavy atom. The first-order chi connectivity index (χ1) is 17.1. The third-order valence-corrected chi connectivity index (χ3v) is 6.37. The van der Waals surface area contributed by atoms with Crippen LogP contribution in [0.1, 0.15) is 33.2 Å². The number of nitrogens with zero attached hydrogens (tertiary/aromatic N) is 4. The van der Waals surface area contributed by atoms with Crippen molar-refractivity contribution < 1.29 is 14.3 Å². The fourth-order valence-corrected chi connectivity index (χ4v) is 4.25. The molecule has 1 atom stereocenters. The van der Waals surface area contributed by atoms with Gasteiger partial charge in [0, 0.05) is 38.9 Å². The first-order valence-corrected chi connectivity index (χ1v) is 11.8. The molecular formula is C27H27ClN4O3. The molecule has 8 heteroatoms. The number of pyridine rings is 1. The summed E-state index contributed by atoms with van der Waals surface area (Å²) >= 11 is 6.12. The number of carbonyl (C=O) groups is 1. The molecule has 0 unspecified atom stereocenters. The normalized spacial score (nSPS) is 14.8. The zero-order chi connectivity index (χ0) is 24.6. The predicted molar refractivity (Wildman–Crippen MR) is 133 cm³/mol. The van der Waals surface area contributed by atoms with Crippen molar-refractivity contribution in [2.45, 2.75) is 12.7 Å². The molecule has 0 radical (unpaired) electrons. The molecule has 1 aromatic heterocycles. The minimum atomic E-state index is -0.184. The van der Waals surface area contributed by atoms with Crippen LogP contribution in [0.15, 0.2) is 66.9 Å². The van der Waals surface area contributed by atoms with Gasteiger partial charge in [0.2, 0.25) is 0 Å². The molecule has 0 N–H and O–H groups in total. The Bertz CT molecular complexity index is 1190. The zero-order valence-corrected chi connectivity index (χ0v) is 20.3. The molecule has 2 heterocycles. The largest absolute Gasteiger partial charge is 0.497 e. The van der Waals surface area contributed by atoms with Gasteiger partial charge in [0.25, 0.3) is 5.91 Å². The molecule has 0 saturated carbocycles. The Labute approximate surface area is 210 Å². The number of benzene rings is 2. The van der Waals surface area contributed by atoms with Crippen LogP contribution in [0.3, 0.4) is 0 Å². The topological polar surface area (TPSA) is 78.7 Å². The van der Waals surface area contributed by atoms with Crippen LogP contribution < -0.4 is 4.74 Å². The van der Waals surface area contributed by atoms with Crippen LogP contribution in [0.4, 0.5) is 0 Å². The number of rotatable bonds is 8. The van der Waals surface area contributed by atoms with Gasteiger partial charge in [-0.1, -0.05) is 35.9 Å². The molecule has 0 spiro atoms. The number of methoxy groups -OCH3 is 1. The van der Waals surface area contributed by atoms with Gasteiger partial charge in [-0.25, -0.2) is 4.98 Å².